The van der Waals surface area contributed by atoms with Gasteiger partial charge in [0, 0.05) is 6.54 Å². The summed E-state index contributed by atoms with van der Waals surface area (Å²) in [7, 11) is 1.68. The van der Waals surface area contributed by atoms with Gasteiger partial charge >= 0.3 is 0 Å². The van der Waals surface area contributed by atoms with Gasteiger partial charge in [0.1, 0.15) is 5.75 Å². The first-order valence-electron chi connectivity index (χ1n) is 6.88. The molecular weight excluding hydrogens is 250 g/mol. The van der Waals surface area contributed by atoms with E-state index in [0.717, 1.165) is 25.5 Å². The van der Waals surface area contributed by atoms with Gasteiger partial charge in [-0.25, -0.2) is 0 Å². The summed E-state index contributed by atoms with van der Waals surface area (Å²) in [5.41, 5.74) is 3.88. The molecule has 3 heteroatoms. The van der Waals surface area contributed by atoms with E-state index in [1.165, 1.54) is 16.7 Å². The van der Waals surface area contributed by atoms with Crippen LogP contribution in [0.2, 0.25) is 0 Å². The minimum Gasteiger partial charge on any atom is -0.497 e. The molecule has 0 spiro atoms. The van der Waals surface area contributed by atoms with E-state index in [1.807, 2.05) is 12.1 Å². The molecule has 0 amide bonds. The summed E-state index contributed by atoms with van der Waals surface area (Å²) in [4.78, 5) is 0. The number of ether oxygens (including phenoxy) is 2. The molecule has 0 aromatic heterocycles. The molecule has 2 aromatic carbocycles. The van der Waals surface area contributed by atoms with Crippen molar-refractivity contribution >= 4 is 0 Å². The minimum atomic E-state index is 0.266. The Morgan fingerprint density at radius 2 is 1.95 bits per heavy atom. The highest BCUT2D eigenvalue weighted by molar-refractivity contribution is 5.31. The fourth-order valence-corrected chi connectivity index (χ4v) is 2.54. The van der Waals surface area contributed by atoms with Crippen LogP contribution in [-0.2, 0) is 17.9 Å². The molecule has 0 saturated carbocycles. The Bertz CT molecular complexity index is 565. The Balaban J connectivity index is 1.66. The first-order valence-corrected chi connectivity index (χ1v) is 6.88. The van der Waals surface area contributed by atoms with Gasteiger partial charge in [-0.05, 0) is 28.8 Å². The molecular formula is C17H19NO2. The number of hydrogen-bond acceptors (Lipinski definition) is 3. The number of rotatable bonds is 4. The van der Waals surface area contributed by atoms with Crippen molar-refractivity contribution in [1.29, 1.82) is 0 Å². The van der Waals surface area contributed by atoms with E-state index in [2.05, 4.69) is 41.7 Å². The average molecular weight is 269 g/mol. The largest absolute Gasteiger partial charge is 0.497 e. The van der Waals surface area contributed by atoms with Crippen molar-refractivity contribution in [3.63, 3.8) is 0 Å². The first kappa shape index (κ1) is 13.2. The van der Waals surface area contributed by atoms with Gasteiger partial charge in [0.25, 0.3) is 0 Å². The first-order chi connectivity index (χ1) is 9.86. The molecule has 0 fully saturated rings. The molecule has 104 valence electrons. The van der Waals surface area contributed by atoms with E-state index in [4.69, 9.17) is 9.47 Å². The highest BCUT2D eigenvalue weighted by atomic mass is 16.5. The van der Waals surface area contributed by atoms with Gasteiger partial charge in [-0.15, -0.1) is 0 Å². The lowest BCUT2D eigenvalue weighted by Gasteiger charge is -2.26. The van der Waals surface area contributed by atoms with Crippen LogP contribution in [0.4, 0.5) is 0 Å². The van der Waals surface area contributed by atoms with E-state index in [0.29, 0.717) is 0 Å². The Hall–Kier alpha value is -1.84. The summed E-state index contributed by atoms with van der Waals surface area (Å²) < 4.78 is 10.8. The number of methoxy groups -OCH3 is 1. The fraction of sp³-hybridized carbons (Fsp3) is 0.294. The molecule has 20 heavy (non-hydrogen) atoms. The van der Waals surface area contributed by atoms with Gasteiger partial charge in [0.05, 0.1) is 26.4 Å². The zero-order valence-electron chi connectivity index (χ0n) is 11.6. The van der Waals surface area contributed by atoms with Crippen molar-refractivity contribution < 1.29 is 9.47 Å². The minimum absolute atomic E-state index is 0.266. The molecule has 0 saturated heterocycles. The summed E-state index contributed by atoms with van der Waals surface area (Å²) in [5, 5.41) is 3.57. The van der Waals surface area contributed by atoms with Crippen LogP contribution in [0.3, 0.4) is 0 Å². The van der Waals surface area contributed by atoms with E-state index in [9.17, 15) is 0 Å². The predicted octanol–water partition coefficient (Wildman–Crippen LogP) is 3.06. The van der Waals surface area contributed by atoms with Crippen LogP contribution in [0.15, 0.2) is 48.5 Å². The Morgan fingerprint density at radius 3 is 2.75 bits per heavy atom. The second-order valence-electron chi connectivity index (χ2n) is 5.00. The van der Waals surface area contributed by atoms with Gasteiger partial charge in [-0.1, -0.05) is 36.4 Å². The maximum atomic E-state index is 5.65. The highest BCUT2D eigenvalue weighted by Gasteiger charge is 2.19. The molecule has 1 unspecified atom stereocenters. The Labute approximate surface area is 119 Å². The van der Waals surface area contributed by atoms with Crippen LogP contribution >= 0.6 is 0 Å². The van der Waals surface area contributed by atoms with E-state index in [1.54, 1.807) is 7.11 Å². The number of benzene rings is 2. The standard InChI is InChI=1S/C17H19NO2/c1-19-15-8-6-13(7-9-15)10-18-17-12-20-11-14-4-2-3-5-16(14)17/h2-9,17-18H,10-12H2,1H3. The van der Waals surface area contributed by atoms with Crippen LogP contribution in [-0.4, -0.2) is 13.7 Å². The second-order valence-corrected chi connectivity index (χ2v) is 5.00. The van der Waals surface area contributed by atoms with Gasteiger partial charge in [0.15, 0.2) is 0 Å². The van der Waals surface area contributed by atoms with E-state index in [-0.39, 0.29) is 6.04 Å². The molecule has 0 radical (unpaired) electrons. The predicted molar refractivity (Wildman–Crippen MR) is 78.7 cm³/mol. The van der Waals surface area contributed by atoms with Crippen LogP contribution < -0.4 is 10.1 Å². The third-order valence-electron chi connectivity index (χ3n) is 3.68. The zero-order chi connectivity index (χ0) is 13.8. The average Bonchev–Trinajstić information content (AvgIpc) is 2.53. The zero-order valence-corrected chi connectivity index (χ0v) is 11.6. The quantitative estimate of drug-likeness (QED) is 0.925. The van der Waals surface area contributed by atoms with Crippen molar-refractivity contribution in [1.82, 2.24) is 5.32 Å². The van der Waals surface area contributed by atoms with Crippen LogP contribution in [0.1, 0.15) is 22.7 Å². The molecule has 3 rings (SSSR count). The van der Waals surface area contributed by atoms with Crippen LogP contribution in [0, 0.1) is 0 Å². The molecule has 3 nitrogen and oxygen atoms in total. The monoisotopic (exact) mass is 269 g/mol. The number of nitrogens with one attached hydrogen (secondary N) is 1. The smallest absolute Gasteiger partial charge is 0.118 e. The SMILES string of the molecule is COc1ccc(CNC2COCc3ccccc32)cc1. The third kappa shape index (κ3) is 2.84. The van der Waals surface area contributed by atoms with Crippen molar-refractivity contribution in [2.24, 2.45) is 0 Å². The second kappa shape index (κ2) is 6.07. The van der Waals surface area contributed by atoms with Gasteiger partial charge < -0.3 is 14.8 Å². The molecule has 2 aromatic rings. The molecule has 1 N–H and O–H groups in total. The summed E-state index contributed by atoms with van der Waals surface area (Å²) in [6.07, 6.45) is 0. The Morgan fingerprint density at radius 1 is 1.15 bits per heavy atom. The third-order valence-corrected chi connectivity index (χ3v) is 3.68. The lowest BCUT2D eigenvalue weighted by Crippen LogP contribution is -2.29. The molecule has 1 atom stereocenters. The van der Waals surface area contributed by atoms with E-state index >= 15 is 0 Å². The highest BCUT2D eigenvalue weighted by Crippen LogP contribution is 2.24. The normalized spacial score (nSPS) is 17.6. The number of hydrogen-bond donors (Lipinski definition) is 1. The van der Waals surface area contributed by atoms with Crippen molar-refractivity contribution in [3.05, 3.63) is 65.2 Å². The summed E-state index contributed by atoms with van der Waals surface area (Å²) in [6, 6.07) is 16.9. The summed E-state index contributed by atoms with van der Waals surface area (Å²) in [5.74, 6) is 0.889. The summed E-state index contributed by atoms with van der Waals surface area (Å²) in [6.45, 7) is 2.27. The van der Waals surface area contributed by atoms with Crippen molar-refractivity contribution in [2.75, 3.05) is 13.7 Å². The summed E-state index contributed by atoms with van der Waals surface area (Å²) >= 11 is 0. The van der Waals surface area contributed by atoms with Crippen LogP contribution in [0.25, 0.3) is 0 Å². The van der Waals surface area contributed by atoms with Gasteiger partial charge in [0.2, 0.25) is 0 Å². The number of fused-ring (bicyclic) bond motifs is 1. The molecule has 1 heterocycles. The molecule has 0 bridgehead atoms. The van der Waals surface area contributed by atoms with Gasteiger partial charge in [-0.2, -0.15) is 0 Å². The van der Waals surface area contributed by atoms with E-state index < -0.39 is 0 Å². The molecule has 1 aliphatic heterocycles. The Kier molecular flexibility index (Phi) is 4.00. The fourth-order valence-electron chi connectivity index (χ4n) is 2.54. The van der Waals surface area contributed by atoms with Gasteiger partial charge in [-0.3, -0.25) is 0 Å². The topological polar surface area (TPSA) is 30.5 Å². The maximum Gasteiger partial charge on any atom is 0.118 e. The molecule has 0 aliphatic carbocycles. The van der Waals surface area contributed by atoms with Crippen molar-refractivity contribution in [3.8, 4) is 5.75 Å². The molecule has 1 aliphatic rings. The lowest BCUT2D eigenvalue weighted by molar-refractivity contribution is 0.0817. The van der Waals surface area contributed by atoms with Crippen LogP contribution in [0.5, 0.6) is 5.75 Å². The van der Waals surface area contributed by atoms with Crippen molar-refractivity contribution in [2.45, 2.75) is 19.2 Å². The lowest BCUT2D eigenvalue weighted by atomic mass is 9.99. The maximum absolute atomic E-state index is 5.65.